The van der Waals surface area contributed by atoms with Gasteiger partial charge in [-0.05, 0) is 139 Å². The maximum absolute atomic E-state index is 6.99. The molecule has 0 saturated heterocycles. The van der Waals surface area contributed by atoms with Crippen molar-refractivity contribution in [3.05, 3.63) is 208 Å². The minimum atomic E-state index is -0.319. The number of para-hydroxylation sites is 2. The molecule has 71 heavy (non-hydrogen) atoms. The average Bonchev–Trinajstić information content (AvgIpc) is 4.13. The fourth-order valence-electron chi connectivity index (χ4n) is 13.4. The summed E-state index contributed by atoms with van der Waals surface area (Å²) < 4.78 is 13.9. The van der Waals surface area contributed by atoms with Gasteiger partial charge in [-0.25, -0.2) is 0 Å². The van der Waals surface area contributed by atoms with Gasteiger partial charge in [0.05, 0.1) is 0 Å². The number of aryl methyl sites for hydroxylation is 1. The zero-order valence-corrected chi connectivity index (χ0v) is 42.4. The molecule has 3 heteroatoms. The summed E-state index contributed by atoms with van der Waals surface area (Å²) in [6.07, 6.45) is 0. The van der Waals surface area contributed by atoms with Crippen LogP contribution in [-0.4, -0.2) is 0 Å². The lowest BCUT2D eigenvalue weighted by atomic mass is 9.72. The molecule has 3 nitrogen and oxygen atoms in total. The van der Waals surface area contributed by atoms with Crippen LogP contribution in [0, 0.1) is 6.92 Å². The number of fused-ring (bicyclic) bond motifs is 19. The van der Waals surface area contributed by atoms with E-state index < -0.39 is 0 Å². The smallest absolute Gasteiger partial charge is 0.144 e. The molecular weight excluding hydrogens is 863 g/mol. The highest BCUT2D eigenvalue weighted by atomic mass is 16.3. The molecule has 0 saturated carbocycles. The first-order valence-corrected chi connectivity index (χ1v) is 25.4. The average molecular weight is 920 g/mol. The molecule has 346 valence electrons. The molecule has 0 unspecified atom stereocenters. The van der Waals surface area contributed by atoms with Gasteiger partial charge in [0, 0.05) is 66.0 Å². The molecule has 14 rings (SSSR count). The highest BCUT2D eigenvalue weighted by molar-refractivity contribution is 6.21. The van der Waals surface area contributed by atoms with Gasteiger partial charge in [0.2, 0.25) is 0 Å². The number of rotatable bonds is 4. The van der Waals surface area contributed by atoms with Crippen LogP contribution in [0.4, 0.5) is 17.1 Å². The van der Waals surface area contributed by atoms with E-state index >= 15 is 0 Å². The Morgan fingerprint density at radius 3 is 1.56 bits per heavy atom. The monoisotopic (exact) mass is 919 g/mol. The molecule has 2 heterocycles. The van der Waals surface area contributed by atoms with E-state index in [0.717, 1.165) is 50.3 Å². The molecule has 0 bridgehead atoms. The molecule has 0 N–H and O–H groups in total. The molecule has 0 fully saturated rings. The standard InChI is InChI=1S/C68H57NO2/c1-38-23-29-41(30-24-38)69(42-31-33-45-51(35-42)66(5,6)53-37-49(39-25-27-40(28-26-39)65(2,3)4)63-58(56(45)53)47-18-12-15-21-54(47)70-63)43-32-34-46-52(36-43)68(9,10)61-57(46)59-48-19-13-16-22-55(48)71-64(59)60-44-17-11-14-20-50(44)67(7,8)62(60)61/h11-37H,1-10H3. The number of furan rings is 2. The van der Waals surface area contributed by atoms with Gasteiger partial charge in [-0.2, -0.15) is 0 Å². The van der Waals surface area contributed by atoms with Gasteiger partial charge in [-0.1, -0.05) is 177 Å². The Labute approximate surface area is 416 Å². The molecule has 0 amide bonds. The second kappa shape index (κ2) is 14.0. The summed E-state index contributed by atoms with van der Waals surface area (Å²) in [7, 11) is 0. The first kappa shape index (κ1) is 42.3. The third-order valence-corrected chi connectivity index (χ3v) is 17.0. The topological polar surface area (TPSA) is 29.5 Å². The highest BCUT2D eigenvalue weighted by Gasteiger charge is 2.49. The minimum absolute atomic E-state index is 0.0623. The predicted octanol–water partition coefficient (Wildman–Crippen LogP) is 19.1. The molecule has 0 atom stereocenters. The van der Waals surface area contributed by atoms with Gasteiger partial charge in [0.1, 0.15) is 22.3 Å². The summed E-state index contributed by atoms with van der Waals surface area (Å²) in [5.74, 6) is 0. The Kier molecular flexibility index (Phi) is 8.36. The van der Waals surface area contributed by atoms with E-state index in [1.54, 1.807) is 0 Å². The third-order valence-electron chi connectivity index (χ3n) is 17.0. The Bertz CT molecular complexity index is 4110. The molecule has 3 aliphatic rings. The fourth-order valence-corrected chi connectivity index (χ4v) is 13.4. The van der Waals surface area contributed by atoms with Crippen molar-refractivity contribution < 1.29 is 8.83 Å². The minimum Gasteiger partial charge on any atom is -0.455 e. The lowest BCUT2D eigenvalue weighted by Gasteiger charge is -2.32. The highest BCUT2D eigenvalue weighted by Crippen LogP contribution is 2.64. The van der Waals surface area contributed by atoms with Crippen molar-refractivity contribution in [1.82, 2.24) is 0 Å². The van der Waals surface area contributed by atoms with Crippen LogP contribution >= 0.6 is 0 Å². The number of hydrogen-bond donors (Lipinski definition) is 0. The molecule has 0 spiro atoms. The first-order chi connectivity index (χ1) is 34.0. The maximum Gasteiger partial charge on any atom is 0.144 e. The van der Waals surface area contributed by atoms with E-state index in [9.17, 15) is 0 Å². The van der Waals surface area contributed by atoms with Gasteiger partial charge in [0.25, 0.3) is 0 Å². The SMILES string of the molecule is Cc1ccc(N(c2ccc3c(c2)C(C)(C)c2cc(-c4ccc(C(C)(C)C)cc4)c4oc5ccccc5c4c2-3)c2ccc3c(c2)C(C)(C)c2c4c(c5oc6ccccc6c5c2-3)-c2ccccc2C4(C)C)cc1. The van der Waals surface area contributed by atoms with Crippen LogP contribution in [0.5, 0.6) is 0 Å². The largest absolute Gasteiger partial charge is 0.455 e. The van der Waals surface area contributed by atoms with Crippen LogP contribution in [0.25, 0.3) is 88.4 Å². The summed E-state index contributed by atoms with van der Waals surface area (Å²) in [5, 5.41) is 4.74. The third kappa shape index (κ3) is 5.61. The lowest BCUT2D eigenvalue weighted by Crippen LogP contribution is -2.24. The summed E-state index contributed by atoms with van der Waals surface area (Å²) in [5.41, 5.74) is 27.1. The first-order valence-electron chi connectivity index (χ1n) is 25.4. The molecule has 0 radical (unpaired) electrons. The number of benzene rings is 9. The van der Waals surface area contributed by atoms with Crippen molar-refractivity contribution >= 4 is 60.9 Å². The van der Waals surface area contributed by atoms with Crippen LogP contribution < -0.4 is 4.90 Å². The van der Waals surface area contributed by atoms with Crippen LogP contribution in [0.3, 0.4) is 0 Å². The van der Waals surface area contributed by atoms with Gasteiger partial charge in [-0.3, -0.25) is 0 Å². The lowest BCUT2D eigenvalue weighted by molar-refractivity contribution is 0.590. The Morgan fingerprint density at radius 1 is 0.408 bits per heavy atom. The summed E-state index contributed by atoms with van der Waals surface area (Å²) in [6, 6.07) is 61.3. The predicted molar refractivity (Wildman–Crippen MR) is 297 cm³/mol. The fraction of sp³-hybridized carbons (Fsp3) is 0.206. The Balaban J connectivity index is 0.968. The van der Waals surface area contributed by atoms with E-state index in [-0.39, 0.29) is 21.7 Å². The van der Waals surface area contributed by atoms with Crippen molar-refractivity contribution in [2.45, 2.75) is 90.9 Å². The molecule has 2 aromatic heterocycles. The van der Waals surface area contributed by atoms with Crippen molar-refractivity contribution in [3.63, 3.8) is 0 Å². The number of anilines is 3. The van der Waals surface area contributed by atoms with Crippen molar-refractivity contribution in [3.8, 4) is 44.5 Å². The van der Waals surface area contributed by atoms with Gasteiger partial charge < -0.3 is 13.7 Å². The zero-order valence-electron chi connectivity index (χ0n) is 42.4. The quantitative estimate of drug-likeness (QED) is 0.176. The molecule has 11 aromatic rings. The van der Waals surface area contributed by atoms with E-state index in [2.05, 4.69) is 238 Å². The van der Waals surface area contributed by atoms with E-state index in [1.165, 1.54) is 99.6 Å². The zero-order chi connectivity index (χ0) is 48.7. The second-order valence-electron chi connectivity index (χ2n) is 23.3. The Morgan fingerprint density at radius 2 is 0.915 bits per heavy atom. The van der Waals surface area contributed by atoms with E-state index in [4.69, 9.17) is 8.83 Å². The van der Waals surface area contributed by atoms with Crippen molar-refractivity contribution in [2.24, 2.45) is 0 Å². The van der Waals surface area contributed by atoms with Crippen molar-refractivity contribution in [1.29, 1.82) is 0 Å². The molecular formula is C68H57NO2. The van der Waals surface area contributed by atoms with Gasteiger partial charge in [0.15, 0.2) is 0 Å². The summed E-state index contributed by atoms with van der Waals surface area (Å²) in [6.45, 7) is 23.5. The second-order valence-corrected chi connectivity index (χ2v) is 23.3. The number of nitrogens with zero attached hydrogens (tertiary/aromatic N) is 1. The van der Waals surface area contributed by atoms with Crippen LogP contribution in [0.1, 0.15) is 107 Å². The normalized spacial score (nSPS) is 15.5. The maximum atomic E-state index is 6.99. The van der Waals surface area contributed by atoms with E-state index in [0.29, 0.717) is 0 Å². The number of hydrogen-bond acceptors (Lipinski definition) is 3. The van der Waals surface area contributed by atoms with E-state index in [1.807, 2.05) is 0 Å². The molecule has 9 aromatic carbocycles. The van der Waals surface area contributed by atoms with Crippen LogP contribution in [-0.2, 0) is 21.7 Å². The van der Waals surface area contributed by atoms with Crippen molar-refractivity contribution in [2.75, 3.05) is 4.90 Å². The van der Waals surface area contributed by atoms with Crippen LogP contribution in [0.2, 0.25) is 0 Å². The molecule has 0 aliphatic heterocycles. The van der Waals surface area contributed by atoms with Gasteiger partial charge >= 0.3 is 0 Å². The molecule has 3 aliphatic carbocycles. The Hall–Kier alpha value is -7.62. The van der Waals surface area contributed by atoms with Crippen LogP contribution in [0.15, 0.2) is 173 Å². The summed E-state index contributed by atoms with van der Waals surface area (Å²) in [4.78, 5) is 2.48. The summed E-state index contributed by atoms with van der Waals surface area (Å²) >= 11 is 0. The van der Waals surface area contributed by atoms with Gasteiger partial charge in [-0.15, -0.1) is 0 Å².